The molecule has 6 nitrogen and oxygen atoms in total. The second-order valence-electron chi connectivity index (χ2n) is 4.65. The van der Waals surface area contributed by atoms with Gasteiger partial charge in [-0.15, -0.1) is 11.3 Å². The monoisotopic (exact) mass is 279 g/mol. The molecule has 2 N–H and O–H groups in total. The van der Waals surface area contributed by atoms with Crippen LogP contribution in [0.15, 0.2) is 11.4 Å². The fourth-order valence-electron chi connectivity index (χ4n) is 2.37. The lowest BCUT2D eigenvalue weighted by atomic mass is 10.1. The van der Waals surface area contributed by atoms with Crippen LogP contribution in [0.3, 0.4) is 0 Å². The molecule has 0 unspecified atom stereocenters. The van der Waals surface area contributed by atoms with Gasteiger partial charge in [-0.3, -0.25) is 14.9 Å². The molecule has 3 heterocycles. The molecule has 0 radical (unpaired) electrons. The Morgan fingerprint density at radius 1 is 1.47 bits per heavy atom. The van der Waals surface area contributed by atoms with Gasteiger partial charge in [0.2, 0.25) is 5.91 Å². The highest BCUT2D eigenvalue weighted by Crippen LogP contribution is 2.24. The zero-order valence-electron chi connectivity index (χ0n) is 10.1. The SMILES string of the molecule is O=C1NC(=O)[C@@H](CC(=O)N2CCc3sccc3C2)N1. The van der Waals surface area contributed by atoms with Crippen LogP contribution in [0.2, 0.25) is 0 Å². The summed E-state index contributed by atoms with van der Waals surface area (Å²) in [5.74, 6) is -0.522. The minimum Gasteiger partial charge on any atom is -0.338 e. The molecule has 1 fully saturated rings. The van der Waals surface area contributed by atoms with Gasteiger partial charge in [0.05, 0.1) is 6.42 Å². The van der Waals surface area contributed by atoms with Gasteiger partial charge in [-0.1, -0.05) is 0 Å². The number of amides is 4. The van der Waals surface area contributed by atoms with Crippen LogP contribution in [0.4, 0.5) is 4.79 Å². The third-order valence-corrected chi connectivity index (χ3v) is 4.42. The van der Waals surface area contributed by atoms with E-state index in [1.165, 1.54) is 10.4 Å². The Balaban J connectivity index is 1.63. The van der Waals surface area contributed by atoms with E-state index in [1.807, 2.05) is 11.4 Å². The normalized spacial score (nSPS) is 21.9. The highest BCUT2D eigenvalue weighted by atomic mass is 32.1. The van der Waals surface area contributed by atoms with Crippen LogP contribution in [-0.4, -0.2) is 35.3 Å². The molecule has 1 atom stereocenters. The second kappa shape index (κ2) is 4.65. The zero-order chi connectivity index (χ0) is 13.4. The number of fused-ring (bicyclic) bond motifs is 1. The van der Waals surface area contributed by atoms with Crippen molar-refractivity contribution in [1.29, 1.82) is 0 Å². The van der Waals surface area contributed by atoms with Crippen LogP contribution < -0.4 is 10.6 Å². The third-order valence-electron chi connectivity index (χ3n) is 3.40. The maximum absolute atomic E-state index is 12.1. The number of thiophene rings is 1. The number of carbonyl (C=O) groups is 3. The molecular weight excluding hydrogens is 266 g/mol. The number of urea groups is 1. The average Bonchev–Trinajstić information content (AvgIpc) is 2.95. The van der Waals surface area contributed by atoms with E-state index in [4.69, 9.17) is 0 Å². The molecule has 0 aliphatic carbocycles. The van der Waals surface area contributed by atoms with Gasteiger partial charge in [-0.05, 0) is 23.4 Å². The Bertz CT molecular complexity index is 554. The van der Waals surface area contributed by atoms with E-state index in [0.29, 0.717) is 13.1 Å². The van der Waals surface area contributed by atoms with Crippen molar-refractivity contribution in [2.24, 2.45) is 0 Å². The molecule has 19 heavy (non-hydrogen) atoms. The van der Waals surface area contributed by atoms with Gasteiger partial charge in [0.1, 0.15) is 6.04 Å². The first-order valence-corrected chi connectivity index (χ1v) is 6.96. The first-order chi connectivity index (χ1) is 9.13. The minimum atomic E-state index is -0.733. The molecule has 1 saturated heterocycles. The van der Waals surface area contributed by atoms with Crippen LogP contribution >= 0.6 is 11.3 Å². The summed E-state index contributed by atoms with van der Waals surface area (Å²) in [6, 6.07) is 0.772. The molecule has 1 aromatic rings. The van der Waals surface area contributed by atoms with Crippen LogP contribution in [0.1, 0.15) is 16.9 Å². The number of nitrogens with one attached hydrogen (secondary N) is 2. The van der Waals surface area contributed by atoms with Crippen molar-refractivity contribution < 1.29 is 14.4 Å². The number of hydrogen-bond donors (Lipinski definition) is 2. The Labute approximate surface area is 113 Å². The molecule has 7 heteroatoms. The van der Waals surface area contributed by atoms with Crippen molar-refractivity contribution >= 4 is 29.2 Å². The Hall–Kier alpha value is -1.89. The number of hydrogen-bond acceptors (Lipinski definition) is 4. The molecule has 0 bridgehead atoms. The van der Waals surface area contributed by atoms with Gasteiger partial charge in [0.25, 0.3) is 5.91 Å². The summed E-state index contributed by atoms with van der Waals surface area (Å²) in [6.07, 6.45) is 0.888. The van der Waals surface area contributed by atoms with Crippen LogP contribution in [0.25, 0.3) is 0 Å². The Kier molecular flexibility index (Phi) is 2.98. The third kappa shape index (κ3) is 2.33. The van der Waals surface area contributed by atoms with Crippen molar-refractivity contribution in [1.82, 2.24) is 15.5 Å². The lowest BCUT2D eigenvalue weighted by Gasteiger charge is -2.27. The highest BCUT2D eigenvalue weighted by molar-refractivity contribution is 7.10. The maximum atomic E-state index is 12.1. The van der Waals surface area contributed by atoms with E-state index in [1.54, 1.807) is 16.2 Å². The number of carbonyl (C=O) groups excluding carboxylic acids is 3. The van der Waals surface area contributed by atoms with Gasteiger partial charge in [0, 0.05) is 18.0 Å². The fraction of sp³-hybridized carbons (Fsp3) is 0.417. The predicted octanol–water partition coefficient (Wildman–Crippen LogP) is 0.231. The molecule has 3 rings (SSSR count). The van der Waals surface area contributed by atoms with Crippen molar-refractivity contribution in [3.8, 4) is 0 Å². The lowest BCUT2D eigenvalue weighted by molar-refractivity contribution is -0.134. The number of nitrogens with zero attached hydrogens (tertiary/aromatic N) is 1. The topological polar surface area (TPSA) is 78.5 Å². The van der Waals surface area contributed by atoms with E-state index >= 15 is 0 Å². The van der Waals surface area contributed by atoms with Gasteiger partial charge < -0.3 is 10.2 Å². The molecule has 0 spiro atoms. The molecule has 0 aromatic carbocycles. The van der Waals surface area contributed by atoms with Crippen molar-refractivity contribution in [3.05, 3.63) is 21.9 Å². The smallest absolute Gasteiger partial charge is 0.322 e. The summed E-state index contributed by atoms with van der Waals surface area (Å²) in [5, 5.41) is 6.60. The Morgan fingerprint density at radius 3 is 3.05 bits per heavy atom. The van der Waals surface area contributed by atoms with E-state index < -0.39 is 18.0 Å². The van der Waals surface area contributed by atoms with Crippen LogP contribution in [0.5, 0.6) is 0 Å². The first-order valence-electron chi connectivity index (χ1n) is 6.08. The second-order valence-corrected chi connectivity index (χ2v) is 5.65. The molecule has 2 aliphatic heterocycles. The largest absolute Gasteiger partial charge is 0.338 e. The molecule has 4 amide bonds. The molecule has 2 aliphatic rings. The summed E-state index contributed by atoms with van der Waals surface area (Å²) in [6.45, 7) is 1.27. The van der Waals surface area contributed by atoms with Crippen LogP contribution in [-0.2, 0) is 22.6 Å². The Morgan fingerprint density at radius 2 is 2.32 bits per heavy atom. The van der Waals surface area contributed by atoms with Gasteiger partial charge in [0.15, 0.2) is 0 Å². The highest BCUT2D eigenvalue weighted by Gasteiger charge is 2.33. The summed E-state index contributed by atoms with van der Waals surface area (Å²) < 4.78 is 0. The summed E-state index contributed by atoms with van der Waals surface area (Å²) >= 11 is 1.71. The van der Waals surface area contributed by atoms with Crippen molar-refractivity contribution in [2.45, 2.75) is 25.4 Å². The van der Waals surface area contributed by atoms with Crippen LogP contribution in [0, 0.1) is 0 Å². The molecule has 1 aromatic heterocycles. The van der Waals surface area contributed by atoms with E-state index in [9.17, 15) is 14.4 Å². The van der Waals surface area contributed by atoms with Gasteiger partial charge in [-0.2, -0.15) is 0 Å². The van der Waals surface area contributed by atoms with Gasteiger partial charge in [-0.25, -0.2) is 4.79 Å². The molecular formula is C12H13N3O3S. The first kappa shape index (κ1) is 12.2. The average molecular weight is 279 g/mol. The van der Waals surface area contributed by atoms with Crippen molar-refractivity contribution in [2.75, 3.05) is 6.54 Å². The number of imide groups is 1. The standard InChI is InChI=1S/C12H13N3O3S/c16-10(5-8-11(17)14-12(18)13-8)15-3-1-9-7(6-15)2-4-19-9/h2,4,8H,1,3,5-6H2,(H2,13,14,17,18)/t8-/m1/s1. The fourth-order valence-corrected chi connectivity index (χ4v) is 3.26. The quantitative estimate of drug-likeness (QED) is 0.761. The lowest BCUT2D eigenvalue weighted by Crippen LogP contribution is -2.40. The summed E-state index contributed by atoms with van der Waals surface area (Å²) in [7, 11) is 0. The summed E-state index contributed by atoms with van der Waals surface area (Å²) in [4.78, 5) is 37.6. The van der Waals surface area contributed by atoms with E-state index in [0.717, 1.165) is 6.42 Å². The zero-order valence-corrected chi connectivity index (χ0v) is 11.0. The van der Waals surface area contributed by atoms with E-state index in [2.05, 4.69) is 10.6 Å². The van der Waals surface area contributed by atoms with E-state index in [-0.39, 0.29) is 12.3 Å². The van der Waals surface area contributed by atoms with Crippen molar-refractivity contribution in [3.63, 3.8) is 0 Å². The molecule has 0 saturated carbocycles. The maximum Gasteiger partial charge on any atom is 0.322 e. The molecule has 100 valence electrons. The minimum absolute atomic E-state index is 0.0248. The van der Waals surface area contributed by atoms with Gasteiger partial charge >= 0.3 is 6.03 Å². The number of rotatable bonds is 2. The summed E-state index contributed by atoms with van der Waals surface area (Å²) in [5.41, 5.74) is 1.18. The predicted molar refractivity (Wildman–Crippen MR) is 68.5 cm³/mol.